The van der Waals surface area contributed by atoms with Crippen molar-refractivity contribution >= 4 is 23.2 Å². The highest BCUT2D eigenvalue weighted by Crippen LogP contribution is 2.09. The van der Waals surface area contributed by atoms with Crippen LogP contribution in [0, 0.1) is 0 Å². The molecule has 19 heavy (non-hydrogen) atoms. The molecule has 0 fully saturated rings. The number of nitrogens with zero attached hydrogens (tertiary/aromatic N) is 1. The summed E-state index contributed by atoms with van der Waals surface area (Å²) in [7, 11) is 0. The van der Waals surface area contributed by atoms with E-state index in [2.05, 4.69) is 24.4 Å². The molecule has 4 heteroatoms. The van der Waals surface area contributed by atoms with E-state index in [1.165, 1.54) is 0 Å². The SMILES string of the molecule is CCCC/C(CC)=N/NC(=O)Cc1ccc(Cl)cc1. The van der Waals surface area contributed by atoms with Crippen molar-refractivity contribution in [2.24, 2.45) is 5.10 Å². The molecule has 0 spiro atoms. The van der Waals surface area contributed by atoms with Gasteiger partial charge in [0.15, 0.2) is 0 Å². The summed E-state index contributed by atoms with van der Waals surface area (Å²) in [6, 6.07) is 7.27. The third-order valence-electron chi connectivity index (χ3n) is 2.84. The van der Waals surface area contributed by atoms with Gasteiger partial charge in [-0.25, -0.2) is 5.43 Å². The molecule has 0 bridgehead atoms. The highest BCUT2D eigenvalue weighted by Gasteiger charge is 2.03. The Kier molecular flexibility index (Phi) is 7.19. The number of benzene rings is 1. The zero-order chi connectivity index (χ0) is 14.1. The number of amides is 1. The second-order valence-corrected chi connectivity index (χ2v) is 4.91. The zero-order valence-electron chi connectivity index (χ0n) is 11.6. The van der Waals surface area contributed by atoms with Crippen LogP contribution in [0.3, 0.4) is 0 Å². The first-order chi connectivity index (χ1) is 9.15. The van der Waals surface area contributed by atoms with Gasteiger partial charge in [0.2, 0.25) is 5.91 Å². The first-order valence-corrected chi connectivity index (χ1v) is 7.12. The molecular weight excluding hydrogens is 260 g/mol. The fraction of sp³-hybridized carbons (Fsp3) is 0.467. The molecule has 1 amide bonds. The number of hydrogen-bond acceptors (Lipinski definition) is 2. The maximum atomic E-state index is 11.7. The molecule has 1 N–H and O–H groups in total. The Labute approximate surface area is 120 Å². The molecule has 1 aromatic rings. The maximum absolute atomic E-state index is 11.7. The number of nitrogens with one attached hydrogen (secondary N) is 1. The Morgan fingerprint density at radius 1 is 1.26 bits per heavy atom. The van der Waals surface area contributed by atoms with Crippen molar-refractivity contribution in [1.82, 2.24) is 5.43 Å². The van der Waals surface area contributed by atoms with Crippen LogP contribution in [0.2, 0.25) is 5.02 Å². The largest absolute Gasteiger partial charge is 0.273 e. The molecule has 1 aromatic carbocycles. The number of hydrogen-bond donors (Lipinski definition) is 1. The van der Waals surface area contributed by atoms with Gasteiger partial charge < -0.3 is 0 Å². The molecule has 0 radical (unpaired) electrons. The topological polar surface area (TPSA) is 41.5 Å². The number of hydrazone groups is 1. The van der Waals surface area contributed by atoms with Gasteiger partial charge in [-0.3, -0.25) is 4.79 Å². The molecule has 0 aliphatic heterocycles. The van der Waals surface area contributed by atoms with Crippen LogP contribution < -0.4 is 5.43 Å². The Bertz CT molecular complexity index is 426. The Hall–Kier alpha value is -1.35. The van der Waals surface area contributed by atoms with Crippen LogP contribution in [0.5, 0.6) is 0 Å². The Balaban J connectivity index is 2.45. The molecule has 0 atom stereocenters. The minimum Gasteiger partial charge on any atom is -0.273 e. The molecule has 0 saturated carbocycles. The third-order valence-corrected chi connectivity index (χ3v) is 3.10. The summed E-state index contributed by atoms with van der Waals surface area (Å²) in [5.74, 6) is -0.0928. The van der Waals surface area contributed by atoms with Gasteiger partial charge in [0.05, 0.1) is 6.42 Å². The molecule has 104 valence electrons. The molecule has 1 rings (SSSR count). The summed E-state index contributed by atoms with van der Waals surface area (Å²) in [4.78, 5) is 11.7. The van der Waals surface area contributed by atoms with Crippen molar-refractivity contribution in [3.05, 3.63) is 34.9 Å². The quantitative estimate of drug-likeness (QED) is 0.596. The van der Waals surface area contributed by atoms with Crippen LogP contribution in [-0.4, -0.2) is 11.6 Å². The van der Waals surface area contributed by atoms with E-state index >= 15 is 0 Å². The summed E-state index contributed by atoms with van der Waals surface area (Å²) in [5, 5.41) is 4.86. The molecule has 0 aliphatic carbocycles. The number of carbonyl (C=O) groups is 1. The van der Waals surface area contributed by atoms with E-state index in [-0.39, 0.29) is 5.91 Å². The number of halogens is 1. The molecule has 0 saturated heterocycles. The first kappa shape index (κ1) is 15.7. The van der Waals surface area contributed by atoms with Gasteiger partial charge in [-0.2, -0.15) is 5.10 Å². The van der Waals surface area contributed by atoms with E-state index in [0.717, 1.165) is 37.0 Å². The van der Waals surface area contributed by atoms with Crippen molar-refractivity contribution < 1.29 is 4.79 Å². The molecule has 0 aliphatic rings. The molecule has 0 unspecified atom stereocenters. The second-order valence-electron chi connectivity index (χ2n) is 4.47. The van der Waals surface area contributed by atoms with Gasteiger partial charge in [-0.05, 0) is 37.0 Å². The van der Waals surface area contributed by atoms with Crippen molar-refractivity contribution in [3.63, 3.8) is 0 Å². The van der Waals surface area contributed by atoms with E-state index in [9.17, 15) is 4.79 Å². The minimum absolute atomic E-state index is 0.0928. The summed E-state index contributed by atoms with van der Waals surface area (Å²) in [6.07, 6.45) is 4.40. The lowest BCUT2D eigenvalue weighted by molar-refractivity contribution is -0.120. The number of rotatable bonds is 7. The predicted molar refractivity (Wildman–Crippen MR) is 80.5 cm³/mol. The molecule has 3 nitrogen and oxygen atoms in total. The first-order valence-electron chi connectivity index (χ1n) is 6.74. The normalized spacial score (nSPS) is 11.4. The zero-order valence-corrected chi connectivity index (χ0v) is 12.3. The van der Waals surface area contributed by atoms with E-state index < -0.39 is 0 Å². The summed E-state index contributed by atoms with van der Waals surface area (Å²) >= 11 is 5.80. The predicted octanol–water partition coefficient (Wildman–Crippen LogP) is 3.95. The fourth-order valence-corrected chi connectivity index (χ4v) is 1.79. The van der Waals surface area contributed by atoms with Gasteiger partial charge in [-0.1, -0.05) is 44.0 Å². The van der Waals surface area contributed by atoms with Crippen LogP contribution in [0.15, 0.2) is 29.4 Å². The van der Waals surface area contributed by atoms with Crippen LogP contribution in [0.4, 0.5) is 0 Å². The highest BCUT2D eigenvalue weighted by atomic mass is 35.5. The summed E-state index contributed by atoms with van der Waals surface area (Å²) < 4.78 is 0. The van der Waals surface area contributed by atoms with Gasteiger partial charge >= 0.3 is 0 Å². The van der Waals surface area contributed by atoms with Gasteiger partial charge in [0.1, 0.15) is 0 Å². The van der Waals surface area contributed by atoms with Crippen LogP contribution >= 0.6 is 11.6 Å². The van der Waals surface area contributed by atoms with E-state index in [1.54, 1.807) is 12.1 Å². The molecular formula is C15H21ClN2O. The van der Waals surface area contributed by atoms with Gasteiger partial charge in [0.25, 0.3) is 0 Å². The molecule has 0 aromatic heterocycles. The average Bonchev–Trinajstić information content (AvgIpc) is 2.42. The van der Waals surface area contributed by atoms with Gasteiger partial charge in [-0.15, -0.1) is 0 Å². The van der Waals surface area contributed by atoms with Gasteiger partial charge in [0, 0.05) is 10.7 Å². The number of carbonyl (C=O) groups excluding carboxylic acids is 1. The van der Waals surface area contributed by atoms with Crippen molar-refractivity contribution in [2.75, 3.05) is 0 Å². The second kappa shape index (κ2) is 8.70. The lowest BCUT2D eigenvalue weighted by Gasteiger charge is -2.04. The fourth-order valence-electron chi connectivity index (χ4n) is 1.66. The van der Waals surface area contributed by atoms with Crippen LogP contribution in [0.1, 0.15) is 45.1 Å². The Morgan fingerprint density at radius 2 is 1.95 bits per heavy atom. The monoisotopic (exact) mass is 280 g/mol. The highest BCUT2D eigenvalue weighted by molar-refractivity contribution is 6.30. The lowest BCUT2D eigenvalue weighted by atomic mass is 10.1. The maximum Gasteiger partial charge on any atom is 0.244 e. The standard InChI is InChI=1S/C15H21ClN2O/c1-3-5-6-14(4-2)17-18-15(19)11-12-7-9-13(16)10-8-12/h7-10H,3-6,11H2,1-2H3,(H,18,19)/b17-14+. The van der Waals surface area contributed by atoms with Crippen LogP contribution in [0.25, 0.3) is 0 Å². The minimum atomic E-state index is -0.0928. The lowest BCUT2D eigenvalue weighted by Crippen LogP contribution is -2.21. The summed E-state index contributed by atoms with van der Waals surface area (Å²) in [5.41, 5.74) is 4.60. The Morgan fingerprint density at radius 3 is 2.53 bits per heavy atom. The van der Waals surface area contributed by atoms with E-state index in [4.69, 9.17) is 11.6 Å². The third kappa shape index (κ3) is 6.39. The van der Waals surface area contributed by atoms with Crippen molar-refractivity contribution in [3.8, 4) is 0 Å². The molecule has 0 heterocycles. The van der Waals surface area contributed by atoms with Crippen LogP contribution in [-0.2, 0) is 11.2 Å². The number of unbranched alkanes of at least 4 members (excludes halogenated alkanes) is 1. The van der Waals surface area contributed by atoms with Crippen molar-refractivity contribution in [2.45, 2.75) is 46.0 Å². The van der Waals surface area contributed by atoms with E-state index in [0.29, 0.717) is 11.4 Å². The smallest absolute Gasteiger partial charge is 0.244 e. The summed E-state index contributed by atoms with van der Waals surface area (Å²) in [6.45, 7) is 4.20. The van der Waals surface area contributed by atoms with E-state index in [1.807, 2.05) is 12.1 Å². The van der Waals surface area contributed by atoms with Crippen molar-refractivity contribution in [1.29, 1.82) is 0 Å². The average molecular weight is 281 g/mol.